The predicted octanol–water partition coefficient (Wildman–Crippen LogP) is 2.07. The van der Waals surface area contributed by atoms with Gasteiger partial charge in [0.1, 0.15) is 0 Å². The second-order valence-corrected chi connectivity index (χ2v) is 2.79. The molecule has 0 atom stereocenters. The van der Waals surface area contributed by atoms with E-state index in [1.165, 1.54) is 39.8 Å². The van der Waals surface area contributed by atoms with E-state index in [1.54, 1.807) is 0 Å². The predicted molar refractivity (Wildman–Crippen MR) is 54.1 cm³/mol. The van der Waals surface area contributed by atoms with Crippen LogP contribution in [0, 0.1) is 0 Å². The summed E-state index contributed by atoms with van der Waals surface area (Å²) in [4.78, 5) is 20.0. The standard InChI is InChI=1S/2C5H8O2.Pt/c2*1-4(6)3-5(2)7;/h2*3,6H,1-2H3;/b2*4-3-;. The van der Waals surface area contributed by atoms with E-state index < -0.39 is 0 Å². The zero-order valence-electron chi connectivity index (χ0n) is 9.18. The van der Waals surface area contributed by atoms with Crippen molar-refractivity contribution in [1.82, 2.24) is 0 Å². The van der Waals surface area contributed by atoms with Gasteiger partial charge in [0.2, 0.25) is 0 Å². The molecule has 0 saturated carbocycles. The Hall–Kier alpha value is -0.892. The van der Waals surface area contributed by atoms with Crippen molar-refractivity contribution in [2.75, 3.05) is 0 Å². The number of ketones is 2. The largest absolute Gasteiger partial charge is 0.512 e. The quantitative estimate of drug-likeness (QED) is 0.555. The van der Waals surface area contributed by atoms with Crippen molar-refractivity contribution in [3.05, 3.63) is 23.7 Å². The average molecular weight is 395 g/mol. The van der Waals surface area contributed by atoms with E-state index in [9.17, 15) is 9.59 Å². The molecule has 2 N–H and O–H groups in total. The summed E-state index contributed by atoms with van der Waals surface area (Å²) in [5.74, 6) is -0.125. The second kappa shape index (κ2) is 11.2. The normalized spacial score (nSPS) is 10.7. The summed E-state index contributed by atoms with van der Waals surface area (Å²) in [6.07, 6.45) is 2.33. The van der Waals surface area contributed by atoms with Crippen LogP contribution in [0.3, 0.4) is 0 Å². The van der Waals surface area contributed by atoms with Crippen LogP contribution in [0.1, 0.15) is 27.7 Å². The Balaban J connectivity index is -0.000000180. The molecule has 0 amide bonds. The Bertz CT molecular complexity index is 231. The fourth-order valence-electron chi connectivity index (χ4n) is 0.588. The van der Waals surface area contributed by atoms with E-state index in [4.69, 9.17) is 10.2 Å². The van der Waals surface area contributed by atoms with Crippen molar-refractivity contribution in [2.24, 2.45) is 0 Å². The molecule has 0 saturated heterocycles. The van der Waals surface area contributed by atoms with Crippen LogP contribution in [0.4, 0.5) is 0 Å². The van der Waals surface area contributed by atoms with Gasteiger partial charge in [0.15, 0.2) is 11.6 Å². The summed E-state index contributed by atoms with van der Waals surface area (Å²) in [7, 11) is 0. The van der Waals surface area contributed by atoms with Crippen molar-refractivity contribution < 1.29 is 40.9 Å². The number of hydrogen-bond acceptors (Lipinski definition) is 4. The molecule has 0 radical (unpaired) electrons. The third-order valence-corrected chi connectivity index (χ3v) is 0.824. The second-order valence-electron chi connectivity index (χ2n) is 2.79. The Morgan fingerprint density at radius 1 is 0.800 bits per heavy atom. The molecule has 90 valence electrons. The molecular formula is C10H16O4Pt. The van der Waals surface area contributed by atoms with Crippen LogP contribution < -0.4 is 0 Å². The van der Waals surface area contributed by atoms with E-state index in [-0.39, 0.29) is 44.2 Å². The molecule has 0 aliphatic rings. The molecule has 0 heterocycles. The zero-order chi connectivity index (χ0) is 11.7. The van der Waals surface area contributed by atoms with Crippen LogP contribution in [0.2, 0.25) is 0 Å². The first-order valence-electron chi connectivity index (χ1n) is 4.01. The number of aliphatic hydroxyl groups excluding tert-OH is 2. The van der Waals surface area contributed by atoms with Crippen molar-refractivity contribution in [1.29, 1.82) is 0 Å². The van der Waals surface area contributed by atoms with Crippen LogP contribution in [-0.2, 0) is 30.7 Å². The molecule has 15 heavy (non-hydrogen) atoms. The molecule has 4 nitrogen and oxygen atoms in total. The molecule has 0 spiro atoms. The first kappa shape index (κ1) is 19.6. The smallest absolute Gasteiger partial charge is 0.155 e. The van der Waals surface area contributed by atoms with Gasteiger partial charge in [-0.1, -0.05) is 0 Å². The van der Waals surface area contributed by atoms with Gasteiger partial charge in [-0.15, -0.1) is 0 Å². The van der Waals surface area contributed by atoms with Crippen molar-refractivity contribution in [3.8, 4) is 0 Å². The zero-order valence-corrected chi connectivity index (χ0v) is 11.5. The molecule has 0 aliphatic heterocycles. The molecule has 5 heteroatoms. The number of allylic oxidation sites excluding steroid dienone is 4. The van der Waals surface area contributed by atoms with Gasteiger partial charge in [-0.2, -0.15) is 0 Å². The molecular weight excluding hydrogens is 379 g/mol. The van der Waals surface area contributed by atoms with Gasteiger partial charge in [-0.3, -0.25) is 9.59 Å². The van der Waals surface area contributed by atoms with Gasteiger partial charge in [0, 0.05) is 33.2 Å². The first-order valence-corrected chi connectivity index (χ1v) is 4.01. The van der Waals surface area contributed by atoms with E-state index in [1.807, 2.05) is 0 Å². The third-order valence-electron chi connectivity index (χ3n) is 0.824. The van der Waals surface area contributed by atoms with Crippen LogP contribution in [0.5, 0.6) is 0 Å². The Kier molecular flexibility index (Phi) is 14.6. The Morgan fingerprint density at radius 2 is 1.00 bits per heavy atom. The van der Waals surface area contributed by atoms with E-state index in [2.05, 4.69) is 0 Å². The maximum Gasteiger partial charge on any atom is 0.155 e. The third kappa shape index (κ3) is 32.0. The Labute approximate surface area is 104 Å². The van der Waals surface area contributed by atoms with Gasteiger partial charge in [-0.25, -0.2) is 0 Å². The molecule has 0 aromatic rings. The molecule has 0 aliphatic carbocycles. The van der Waals surface area contributed by atoms with Crippen LogP contribution in [-0.4, -0.2) is 21.8 Å². The fourth-order valence-corrected chi connectivity index (χ4v) is 0.588. The van der Waals surface area contributed by atoms with Crippen molar-refractivity contribution >= 4 is 11.6 Å². The number of hydrogen-bond donors (Lipinski definition) is 2. The summed E-state index contributed by atoms with van der Waals surface area (Å²) in [5.41, 5.74) is 0. The van der Waals surface area contributed by atoms with Gasteiger partial charge < -0.3 is 10.2 Å². The SMILES string of the molecule is CC(=O)/C=C(/C)O.CC(=O)/C=C(/C)O.[Pt]. The van der Waals surface area contributed by atoms with Crippen LogP contribution in [0.15, 0.2) is 23.7 Å². The number of carbonyl (C=O) groups excluding carboxylic acids is 2. The summed E-state index contributed by atoms with van der Waals surface area (Å²) in [6.45, 7) is 5.70. The minimum atomic E-state index is -0.125. The summed E-state index contributed by atoms with van der Waals surface area (Å²) in [6, 6.07) is 0. The van der Waals surface area contributed by atoms with Gasteiger partial charge in [0.05, 0.1) is 11.5 Å². The Morgan fingerprint density at radius 3 is 1.00 bits per heavy atom. The van der Waals surface area contributed by atoms with Crippen LogP contribution in [0.25, 0.3) is 0 Å². The molecule has 0 aromatic heterocycles. The molecule has 0 bridgehead atoms. The van der Waals surface area contributed by atoms with Crippen LogP contribution >= 0.6 is 0 Å². The number of aliphatic hydroxyl groups is 2. The number of rotatable bonds is 2. The van der Waals surface area contributed by atoms with Gasteiger partial charge in [-0.05, 0) is 27.7 Å². The summed E-state index contributed by atoms with van der Waals surface area (Å²) >= 11 is 0. The van der Waals surface area contributed by atoms with Gasteiger partial charge in [0.25, 0.3) is 0 Å². The van der Waals surface area contributed by atoms with E-state index in [0.29, 0.717) is 0 Å². The minimum absolute atomic E-state index is 0. The van der Waals surface area contributed by atoms with E-state index >= 15 is 0 Å². The van der Waals surface area contributed by atoms with Crippen molar-refractivity contribution in [3.63, 3.8) is 0 Å². The summed E-state index contributed by atoms with van der Waals surface area (Å²) in [5, 5.41) is 16.7. The van der Waals surface area contributed by atoms with E-state index in [0.717, 1.165) is 0 Å². The number of carbonyl (C=O) groups is 2. The molecule has 0 aromatic carbocycles. The average Bonchev–Trinajstić information content (AvgIpc) is 1.79. The molecule has 0 fully saturated rings. The molecule has 0 unspecified atom stereocenters. The van der Waals surface area contributed by atoms with Gasteiger partial charge >= 0.3 is 0 Å². The first-order chi connectivity index (χ1) is 6.25. The minimum Gasteiger partial charge on any atom is -0.512 e. The molecule has 0 rings (SSSR count). The van der Waals surface area contributed by atoms with Crippen molar-refractivity contribution in [2.45, 2.75) is 27.7 Å². The fraction of sp³-hybridized carbons (Fsp3) is 0.400. The maximum absolute atomic E-state index is 10.0. The summed E-state index contributed by atoms with van der Waals surface area (Å²) < 4.78 is 0. The maximum atomic E-state index is 10.0. The monoisotopic (exact) mass is 395 g/mol. The topological polar surface area (TPSA) is 74.6 Å².